The molecule has 1 fully saturated rings. The molecule has 1 aliphatic rings. The monoisotopic (exact) mass is 428 g/mol. The predicted octanol–water partition coefficient (Wildman–Crippen LogP) is 1.93. The van der Waals surface area contributed by atoms with Gasteiger partial charge in [-0.3, -0.25) is 18.7 Å². The Balaban J connectivity index is 1.95. The Morgan fingerprint density at radius 2 is 1.90 bits per heavy atom. The van der Waals surface area contributed by atoms with Gasteiger partial charge in [0.2, 0.25) is 5.91 Å². The molecule has 30 heavy (non-hydrogen) atoms. The van der Waals surface area contributed by atoms with Crippen molar-refractivity contribution in [3.63, 3.8) is 0 Å². The number of carbonyl (C=O) groups excluding carboxylic acids is 2. The highest BCUT2D eigenvalue weighted by Crippen LogP contribution is 2.28. The van der Waals surface area contributed by atoms with E-state index in [-0.39, 0.29) is 29.7 Å². The molecule has 3 aromatic heterocycles. The van der Waals surface area contributed by atoms with Gasteiger partial charge in [-0.1, -0.05) is 0 Å². The molecule has 158 valence electrons. The summed E-state index contributed by atoms with van der Waals surface area (Å²) in [6.45, 7) is 6.86. The van der Waals surface area contributed by atoms with Crippen molar-refractivity contribution in [2.75, 3.05) is 13.1 Å². The Morgan fingerprint density at radius 3 is 2.47 bits per heavy atom. The van der Waals surface area contributed by atoms with Gasteiger partial charge < -0.3 is 10.6 Å². The van der Waals surface area contributed by atoms with Crippen molar-refractivity contribution < 1.29 is 9.59 Å². The predicted molar refractivity (Wildman–Crippen MR) is 115 cm³/mol. The van der Waals surface area contributed by atoms with Crippen molar-refractivity contribution in [1.82, 2.24) is 24.0 Å². The van der Waals surface area contributed by atoms with Crippen LogP contribution in [0.5, 0.6) is 0 Å². The van der Waals surface area contributed by atoms with Crippen molar-refractivity contribution in [2.24, 2.45) is 5.73 Å². The van der Waals surface area contributed by atoms with Gasteiger partial charge >= 0.3 is 5.69 Å². The second-order valence-corrected chi connectivity index (χ2v) is 9.05. The number of nitrogens with two attached hydrogens (primary N) is 1. The van der Waals surface area contributed by atoms with Crippen LogP contribution >= 0.6 is 11.3 Å². The van der Waals surface area contributed by atoms with Gasteiger partial charge in [-0.2, -0.15) is 0 Å². The lowest BCUT2D eigenvalue weighted by Crippen LogP contribution is -2.35. The van der Waals surface area contributed by atoms with Gasteiger partial charge in [-0.05, 0) is 45.7 Å². The number of hydrogen-bond donors (Lipinski definition) is 1. The zero-order chi connectivity index (χ0) is 21.6. The van der Waals surface area contributed by atoms with Crippen LogP contribution in [0.25, 0.3) is 21.9 Å². The fourth-order valence-corrected chi connectivity index (χ4v) is 4.63. The number of fused-ring (bicyclic) bond motifs is 1. The highest BCUT2D eigenvalue weighted by atomic mass is 32.1. The van der Waals surface area contributed by atoms with E-state index in [2.05, 4.69) is 9.97 Å². The summed E-state index contributed by atoms with van der Waals surface area (Å²) in [5.41, 5.74) is 5.72. The van der Waals surface area contributed by atoms with E-state index in [9.17, 15) is 14.4 Å². The van der Waals surface area contributed by atoms with Crippen LogP contribution < -0.4 is 11.4 Å². The molecular weight excluding hydrogens is 404 g/mol. The summed E-state index contributed by atoms with van der Waals surface area (Å²) in [6.07, 6.45) is 1.90. The first-order chi connectivity index (χ1) is 14.3. The van der Waals surface area contributed by atoms with Crippen LogP contribution in [0.4, 0.5) is 0 Å². The summed E-state index contributed by atoms with van der Waals surface area (Å²) in [4.78, 5) is 50.9. The molecule has 0 bridgehead atoms. The number of likely N-dealkylation sites (tertiary alicyclic amines) is 1. The minimum absolute atomic E-state index is 0.0493. The Bertz CT molecular complexity index is 1200. The van der Waals surface area contributed by atoms with Crippen molar-refractivity contribution in [3.05, 3.63) is 33.2 Å². The normalized spacial score (nSPS) is 14.2. The molecule has 10 heteroatoms. The summed E-state index contributed by atoms with van der Waals surface area (Å²) in [5, 5.41) is 0. The molecule has 1 saturated heterocycles. The van der Waals surface area contributed by atoms with Gasteiger partial charge in [0.15, 0.2) is 17.2 Å². The molecule has 2 amide bonds. The van der Waals surface area contributed by atoms with Gasteiger partial charge in [0.25, 0.3) is 5.91 Å². The molecular formula is C20H24N6O3S. The van der Waals surface area contributed by atoms with Crippen LogP contribution in [-0.2, 0) is 11.3 Å². The van der Waals surface area contributed by atoms with E-state index in [1.165, 1.54) is 20.5 Å². The first-order valence-electron chi connectivity index (χ1n) is 9.95. The quantitative estimate of drug-likeness (QED) is 0.667. The number of primary amides is 1. The summed E-state index contributed by atoms with van der Waals surface area (Å²) in [5.74, 6) is -0.585. The average Bonchev–Trinajstić information content (AvgIpc) is 3.41. The third-order valence-electron chi connectivity index (χ3n) is 5.26. The van der Waals surface area contributed by atoms with Crippen LogP contribution in [0.1, 0.15) is 48.1 Å². The standard InChI is InChI=1S/C20H24N6O3S/c1-11(2)26-19-16(25(20(26)29)10-14(27)24-8-4-5-9-24)15(17(21)28)22-18(23-19)13-7-6-12(3)30-13/h6-7,11H,4-5,8-10H2,1-3H3,(H2,21,28). The minimum atomic E-state index is -0.764. The number of rotatable bonds is 5. The van der Waals surface area contributed by atoms with Gasteiger partial charge in [-0.15, -0.1) is 11.3 Å². The van der Waals surface area contributed by atoms with E-state index >= 15 is 0 Å². The van der Waals surface area contributed by atoms with E-state index in [4.69, 9.17) is 5.73 Å². The highest BCUT2D eigenvalue weighted by Gasteiger charge is 2.27. The number of carbonyl (C=O) groups is 2. The SMILES string of the molecule is Cc1ccc(-c2nc(C(N)=O)c3c(n2)n(C(C)C)c(=O)n3CC(=O)N2CCCC2)s1. The zero-order valence-corrected chi connectivity index (χ0v) is 18.0. The van der Waals surface area contributed by atoms with Crippen LogP contribution in [0, 0.1) is 6.92 Å². The molecule has 3 aromatic rings. The molecule has 9 nitrogen and oxygen atoms in total. The van der Waals surface area contributed by atoms with Crippen molar-refractivity contribution in [3.8, 4) is 10.7 Å². The molecule has 4 heterocycles. The lowest BCUT2D eigenvalue weighted by atomic mass is 10.3. The maximum absolute atomic E-state index is 13.2. The Hall–Kier alpha value is -3.01. The number of aromatic nitrogens is 4. The Morgan fingerprint density at radius 1 is 1.20 bits per heavy atom. The fraction of sp³-hybridized carbons (Fsp3) is 0.450. The van der Waals surface area contributed by atoms with E-state index in [1.54, 1.807) is 4.90 Å². The molecule has 0 saturated carbocycles. The van der Waals surface area contributed by atoms with E-state index in [1.807, 2.05) is 32.9 Å². The highest BCUT2D eigenvalue weighted by molar-refractivity contribution is 7.15. The molecule has 0 aliphatic carbocycles. The molecule has 1 aliphatic heterocycles. The minimum Gasteiger partial charge on any atom is -0.364 e. The number of amides is 2. The average molecular weight is 429 g/mol. The Labute approximate surface area is 177 Å². The molecule has 0 unspecified atom stereocenters. The van der Waals surface area contributed by atoms with Gasteiger partial charge in [-0.25, -0.2) is 14.8 Å². The molecule has 0 spiro atoms. The maximum atomic E-state index is 13.2. The molecule has 0 atom stereocenters. The number of nitrogens with zero attached hydrogens (tertiary/aromatic N) is 5. The van der Waals surface area contributed by atoms with Gasteiger partial charge in [0.05, 0.1) is 4.88 Å². The van der Waals surface area contributed by atoms with Crippen molar-refractivity contribution in [2.45, 2.75) is 46.2 Å². The second kappa shape index (κ2) is 7.67. The summed E-state index contributed by atoms with van der Waals surface area (Å²) in [6, 6.07) is 3.58. The van der Waals surface area contributed by atoms with Crippen molar-refractivity contribution in [1.29, 1.82) is 0 Å². The Kier molecular flexibility index (Phi) is 5.19. The van der Waals surface area contributed by atoms with E-state index in [0.717, 1.165) is 22.6 Å². The first kappa shape index (κ1) is 20.3. The van der Waals surface area contributed by atoms with Gasteiger partial charge in [0, 0.05) is 24.0 Å². The zero-order valence-electron chi connectivity index (χ0n) is 17.2. The molecule has 0 radical (unpaired) electrons. The fourth-order valence-electron chi connectivity index (χ4n) is 3.83. The third kappa shape index (κ3) is 3.41. The summed E-state index contributed by atoms with van der Waals surface area (Å²) < 4.78 is 2.78. The van der Waals surface area contributed by atoms with Crippen molar-refractivity contribution >= 4 is 34.3 Å². The second-order valence-electron chi connectivity index (χ2n) is 7.76. The maximum Gasteiger partial charge on any atom is 0.331 e. The molecule has 4 rings (SSSR count). The third-order valence-corrected chi connectivity index (χ3v) is 6.26. The lowest BCUT2D eigenvalue weighted by Gasteiger charge is -2.15. The summed E-state index contributed by atoms with van der Waals surface area (Å²) >= 11 is 1.49. The van der Waals surface area contributed by atoms with E-state index < -0.39 is 11.6 Å². The molecule has 0 aromatic carbocycles. The number of aryl methyl sites for hydroxylation is 1. The van der Waals surface area contributed by atoms with Gasteiger partial charge in [0.1, 0.15) is 12.1 Å². The van der Waals surface area contributed by atoms with E-state index in [0.29, 0.717) is 24.6 Å². The molecule has 2 N–H and O–H groups in total. The van der Waals surface area contributed by atoms with Crippen LogP contribution in [0.15, 0.2) is 16.9 Å². The van der Waals surface area contributed by atoms with Crippen LogP contribution in [0.2, 0.25) is 0 Å². The number of imidazole rings is 1. The lowest BCUT2D eigenvalue weighted by molar-refractivity contribution is -0.130. The number of hydrogen-bond acceptors (Lipinski definition) is 6. The number of thiophene rings is 1. The van der Waals surface area contributed by atoms with Crippen LogP contribution in [0.3, 0.4) is 0 Å². The topological polar surface area (TPSA) is 116 Å². The first-order valence-corrected chi connectivity index (χ1v) is 10.8. The smallest absolute Gasteiger partial charge is 0.331 e. The summed E-state index contributed by atoms with van der Waals surface area (Å²) in [7, 11) is 0. The largest absolute Gasteiger partial charge is 0.364 e. The van der Waals surface area contributed by atoms with Crippen LogP contribution in [-0.4, -0.2) is 48.9 Å².